The molecule has 9 heteroatoms. The van der Waals surface area contributed by atoms with Crippen molar-refractivity contribution in [2.24, 2.45) is 5.73 Å². The maximum atomic E-state index is 6.25. The second-order valence-electron chi connectivity index (χ2n) is 5.93. The van der Waals surface area contributed by atoms with Gasteiger partial charge >= 0.3 is 0 Å². The Hall–Kier alpha value is -2.42. The summed E-state index contributed by atoms with van der Waals surface area (Å²) in [4.78, 5) is 5.63. The van der Waals surface area contributed by atoms with Gasteiger partial charge in [0.25, 0.3) is 5.89 Å². The molecular formula is C17H16ClN5O2S. The summed E-state index contributed by atoms with van der Waals surface area (Å²) >= 11 is 7.93. The zero-order chi connectivity index (χ0) is 18.1. The summed E-state index contributed by atoms with van der Waals surface area (Å²) in [7, 11) is 0. The van der Waals surface area contributed by atoms with Crippen molar-refractivity contribution in [1.29, 1.82) is 0 Å². The van der Waals surface area contributed by atoms with Crippen molar-refractivity contribution in [3.05, 3.63) is 45.8 Å². The lowest BCUT2D eigenvalue weighted by molar-refractivity contribution is 0.520. The van der Waals surface area contributed by atoms with Gasteiger partial charge in [0.2, 0.25) is 6.39 Å². The fourth-order valence-electron chi connectivity index (χ4n) is 2.75. The van der Waals surface area contributed by atoms with Gasteiger partial charge in [0.05, 0.1) is 5.69 Å². The SMILES string of the molecule is C[C@H](N)Cc1oc2c(NCc3cccs3)cc(Cl)nc2c1-c1nnco1. The number of nitrogens with zero attached hydrogens (tertiary/aromatic N) is 3. The van der Waals surface area contributed by atoms with E-state index in [0.717, 1.165) is 5.69 Å². The number of furan rings is 1. The van der Waals surface area contributed by atoms with Gasteiger partial charge in [0.15, 0.2) is 5.58 Å². The summed E-state index contributed by atoms with van der Waals surface area (Å²) < 4.78 is 11.5. The Morgan fingerprint density at radius 2 is 2.31 bits per heavy atom. The zero-order valence-corrected chi connectivity index (χ0v) is 15.5. The molecule has 0 aliphatic heterocycles. The third-order valence-corrected chi connectivity index (χ3v) is 4.87. The number of aromatic nitrogens is 3. The van der Waals surface area contributed by atoms with Crippen molar-refractivity contribution < 1.29 is 8.83 Å². The first-order valence-electron chi connectivity index (χ1n) is 8.02. The number of nitrogens with two attached hydrogens (primary N) is 1. The fourth-order valence-corrected chi connectivity index (χ4v) is 3.58. The minimum Gasteiger partial charge on any atom is -0.456 e. The number of hydrogen-bond donors (Lipinski definition) is 2. The van der Waals surface area contributed by atoms with Gasteiger partial charge in [-0.1, -0.05) is 17.7 Å². The molecule has 4 heterocycles. The third-order valence-electron chi connectivity index (χ3n) is 3.80. The second kappa shape index (κ2) is 7.06. The van der Waals surface area contributed by atoms with Crippen LogP contribution < -0.4 is 11.1 Å². The number of halogens is 1. The van der Waals surface area contributed by atoms with E-state index in [1.54, 1.807) is 17.4 Å². The molecule has 0 aliphatic carbocycles. The van der Waals surface area contributed by atoms with Gasteiger partial charge in [-0.05, 0) is 18.4 Å². The summed E-state index contributed by atoms with van der Waals surface area (Å²) in [6, 6.07) is 5.72. The van der Waals surface area contributed by atoms with Crippen molar-refractivity contribution in [3.63, 3.8) is 0 Å². The van der Waals surface area contributed by atoms with E-state index in [0.29, 0.717) is 46.4 Å². The molecule has 134 valence electrons. The lowest BCUT2D eigenvalue weighted by atomic mass is 10.1. The first-order valence-corrected chi connectivity index (χ1v) is 9.28. The van der Waals surface area contributed by atoms with Crippen LogP contribution in [0.25, 0.3) is 22.6 Å². The largest absolute Gasteiger partial charge is 0.456 e. The first kappa shape index (κ1) is 17.0. The Labute approximate surface area is 158 Å². The summed E-state index contributed by atoms with van der Waals surface area (Å²) in [6.07, 6.45) is 1.78. The van der Waals surface area contributed by atoms with Gasteiger partial charge in [-0.2, -0.15) is 0 Å². The molecule has 0 spiro atoms. The number of rotatable bonds is 6. The van der Waals surface area contributed by atoms with Crippen molar-refractivity contribution in [2.75, 3.05) is 5.32 Å². The normalized spacial score (nSPS) is 12.6. The molecule has 1 atom stereocenters. The van der Waals surface area contributed by atoms with Crippen molar-refractivity contribution in [3.8, 4) is 11.5 Å². The summed E-state index contributed by atoms with van der Waals surface area (Å²) in [5.74, 6) is 0.978. The molecule has 0 fully saturated rings. The molecule has 0 saturated heterocycles. The van der Waals surface area contributed by atoms with Crippen LogP contribution in [0.2, 0.25) is 5.15 Å². The number of thiophene rings is 1. The van der Waals surface area contributed by atoms with E-state index < -0.39 is 0 Å². The minimum absolute atomic E-state index is 0.102. The monoisotopic (exact) mass is 389 g/mol. The number of fused-ring (bicyclic) bond motifs is 1. The van der Waals surface area contributed by atoms with E-state index in [9.17, 15) is 0 Å². The van der Waals surface area contributed by atoms with E-state index in [2.05, 4.69) is 26.6 Å². The number of pyridine rings is 1. The highest BCUT2D eigenvalue weighted by Gasteiger charge is 2.24. The summed E-state index contributed by atoms with van der Waals surface area (Å²) in [5.41, 5.74) is 8.53. The maximum Gasteiger partial charge on any atom is 0.253 e. The van der Waals surface area contributed by atoms with Crippen LogP contribution in [-0.2, 0) is 13.0 Å². The molecular weight excluding hydrogens is 374 g/mol. The van der Waals surface area contributed by atoms with Crippen LogP contribution in [-0.4, -0.2) is 21.2 Å². The highest BCUT2D eigenvalue weighted by molar-refractivity contribution is 7.09. The van der Waals surface area contributed by atoms with E-state index in [1.165, 1.54) is 11.3 Å². The number of hydrogen-bond acceptors (Lipinski definition) is 8. The highest BCUT2D eigenvalue weighted by atomic mass is 35.5. The smallest absolute Gasteiger partial charge is 0.253 e. The van der Waals surface area contributed by atoms with Crippen LogP contribution >= 0.6 is 22.9 Å². The molecule has 3 N–H and O–H groups in total. The zero-order valence-electron chi connectivity index (χ0n) is 13.9. The van der Waals surface area contributed by atoms with Gasteiger partial charge < -0.3 is 19.9 Å². The topological polar surface area (TPSA) is 103 Å². The van der Waals surface area contributed by atoms with Crippen molar-refractivity contribution in [2.45, 2.75) is 25.9 Å². The predicted molar refractivity (Wildman–Crippen MR) is 101 cm³/mol. The van der Waals surface area contributed by atoms with Crippen LogP contribution in [0, 0.1) is 0 Å². The molecule has 4 aromatic rings. The van der Waals surface area contributed by atoms with Crippen molar-refractivity contribution in [1.82, 2.24) is 15.2 Å². The Bertz CT molecular complexity index is 1010. The van der Waals surface area contributed by atoms with Crippen LogP contribution in [0.4, 0.5) is 5.69 Å². The van der Waals surface area contributed by atoms with Crippen LogP contribution in [0.3, 0.4) is 0 Å². The lowest BCUT2D eigenvalue weighted by Crippen LogP contribution is -2.17. The molecule has 0 saturated carbocycles. The summed E-state index contributed by atoms with van der Waals surface area (Å²) in [5, 5.41) is 13.5. The van der Waals surface area contributed by atoms with E-state index >= 15 is 0 Å². The Balaban J connectivity index is 1.83. The van der Waals surface area contributed by atoms with Gasteiger partial charge in [0, 0.05) is 30.0 Å². The molecule has 0 radical (unpaired) electrons. The molecule has 4 aromatic heterocycles. The molecule has 0 unspecified atom stereocenters. The van der Waals surface area contributed by atoms with Crippen LogP contribution in [0.1, 0.15) is 17.6 Å². The Morgan fingerprint density at radius 3 is 3.00 bits per heavy atom. The average molecular weight is 390 g/mol. The molecule has 26 heavy (non-hydrogen) atoms. The Kier molecular flexibility index (Phi) is 4.62. The molecule has 0 aliphatic rings. The molecule has 4 rings (SSSR count). The molecule has 0 bridgehead atoms. The van der Waals surface area contributed by atoms with Gasteiger partial charge in [-0.15, -0.1) is 21.5 Å². The molecule has 7 nitrogen and oxygen atoms in total. The van der Waals surface area contributed by atoms with Crippen LogP contribution in [0.5, 0.6) is 0 Å². The average Bonchev–Trinajstić information content (AvgIpc) is 3.32. The van der Waals surface area contributed by atoms with Gasteiger partial charge in [-0.25, -0.2) is 4.98 Å². The quantitative estimate of drug-likeness (QED) is 0.478. The van der Waals surface area contributed by atoms with E-state index in [4.69, 9.17) is 26.2 Å². The standard InChI is InChI=1S/C17H16ClN5O2S/c1-9(19)5-12-14(17-23-21-8-24-17)15-16(25-12)11(6-13(18)22-15)20-7-10-3-2-4-26-10/h2-4,6,8-9H,5,7,19H2,1H3,(H,20,22)/t9-/m0/s1. The van der Waals surface area contributed by atoms with E-state index in [-0.39, 0.29) is 6.04 Å². The van der Waals surface area contributed by atoms with Gasteiger partial charge in [-0.3, -0.25) is 0 Å². The summed E-state index contributed by atoms with van der Waals surface area (Å²) in [6.45, 7) is 2.56. The molecule has 0 amide bonds. The lowest BCUT2D eigenvalue weighted by Gasteiger charge is -2.06. The highest BCUT2D eigenvalue weighted by Crippen LogP contribution is 2.38. The van der Waals surface area contributed by atoms with Gasteiger partial charge in [0.1, 0.15) is 22.0 Å². The first-order chi connectivity index (χ1) is 12.6. The van der Waals surface area contributed by atoms with E-state index in [1.807, 2.05) is 18.4 Å². The maximum absolute atomic E-state index is 6.25. The second-order valence-corrected chi connectivity index (χ2v) is 7.35. The minimum atomic E-state index is -0.102. The van der Waals surface area contributed by atoms with Crippen LogP contribution in [0.15, 0.2) is 38.8 Å². The number of anilines is 1. The third kappa shape index (κ3) is 3.31. The fraction of sp³-hybridized carbons (Fsp3) is 0.235. The molecule has 0 aromatic carbocycles. The predicted octanol–water partition coefficient (Wildman–Crippen LogP) is 4.09. The Morgan fingerprint density at radius 1 is 1.42 bits per heavy atom. The van der Waals surface area contributed by atoms with Crippen molar-refractivity contribution >= 4 is 39.7 Å². The number of nitrogens with one attached hydrogen (secondary N) is 1.